The standard InChI is InChI=1S/C13H20N2O/c14-12-5-6-13-11(10-12)4-3-8-15(13)7-1-2-9-16/h5-6,10,16H,1-4,7-9,14H2. The van der Waals surface area contributed by atoms with Crippen molar-refractivity contribution in [3.63, 3.8) is 0 Å². The second-order valence-corrected chi connectivity index (χ2v) is 4.41. The number of nitrogen functional groups attached to an aromatic ring is 1. The Hall–Kier alpha value is -1.22. The Morgan fingerprint density at radius 1 is 1.31 bits per heavy atom. The number of aryl methyl sites for hydroxylation is 1. The van der Waals surface area contributed by atoms with Gasteiger partial charge in [-0.3, -0.25) is 0 Å². The summed E-state index contributed by atoms with van der Waals surface area (Å²) in [5.74, 6) is 0. The highest BCUT2D eigenvalue weighted by Crippen LogP contribution is 2.28. The molecule has 1 heterocycles. The van der Waals surface area contributed by atoms with Gasteiger partial charge >= 0.3 is 0 Å². The van der Waals surface area contributed by atoms with Crippen LogP contribution in [0, 0.1) is 0 Å². The average molecular weight is 220 g/mol. The largest absolute Gasteiger partial charge is 0.399 e. The molecule has 0 fully saturated rings. The van der Waals surface area contributed by atoms with Crippen molar-refractivity contribution in [3.05, 3.63) is 23.8 Å². The van der Waals surface area contributed by atoms with Crippen LogP contribution in [-0.2, 0) is 6.42 Å². The van der Waals surface area contributed by atoms with E-state index < -0.39 is 0 Å². The molecule has 88 valence electrons. The SMILES string of the molecule is Nc1ccc2c(c1)CCCN2CCCCO. The number of aliphatic hydroxyl groups excluding tert-OH is 1. The number of nitrogens with two attached hydrogens (primary N) is 1. The van der Waals surface area contributed by atoms with Crippen molar-refractivity contribution in [2.45, 2.75) is 25.7 Å². The van der Waals surface area contributed by atoms with Crippen molar-refractivity contribution in [2.75, 3.05) is 30.3 Å². The van der Waals surface area contributed by atoms with Crippen LogP contribution in [0.2, 0.25) is 0 Å². The molecule has 0 aromatic heterocycles. The maximum Gasteiger partial charge on any atom is 0.0431 e. The van der Waals surface area contributed by atoms with Crippen molar-refractivity contribution in [2.24, 2.45) is 0 Å². The number of rotatable bonds is 4. The fourth-order valence-electron chi connectivity index (χ4n) is 2.34. The van der Waals surface area contributed by atoms with Crippen LogP contribution in [0.5, 0.6) is 0 Å². The first kappa shape index (κ1) is 11.3. The highest BCUT2D eigenvalue weighted by molar-refractivity contribution is 5.61. The van der Waals surface area contributed by atoms with Crippen LogP contribution < -0.4 is 10.6 Å². The normalized spacial score (nSPS) is 14.9. The van der Waals surface area contributed by atoms with Crippen molar-refractivity contribution < 1.29 is 5.11 Å². The van der Waals surface area contributed by atoms with Crippen LogP contribution >= 0.6 is 0 Å². The van der Waals surface area contributed by atoms with E-state index in [0.29, 0.717) is 6.61 Å². The van der Waals surface area contributed by atoms with Gasteiger partial charge in [-0.1, -0.05) is 0 Å². The molecule has 0 amide bonds. The van der Waals surface area contributed by atoms with Crippen LogP contribution in [-0.4, -0.2) is 24.8 Å². The van der Waals surface area contributed by atoms with Gasteiger partial charge in [-0.05, 0) is 49.4 Å². The Bertz CT molecular complexity index is 352. The van der Waals surface area contributed by atoms with E-state index in [1.54, 1.807) is 0 Å². The topological polar surface area (TPSA) is 49.5 Å². The van der Waals surface area contributed by atoms with E-state index in [4.69, 9.17) is 10.8 Å². The van der Waals surface area contributed by atoms with Crippen LogP contribution in [0.1, 0.15) is 24.8 Å². The average Bonchev–Trinajstić information content (AvgIpc) is 2.29. The molecule has 0 aliphatic carbocycles. The van der Waals surface area contributed by atoms with Crippen LogP contribution in [0.25, 0.3) is 0 Å². The number of nitrogens with zero attached hydrogens (tertiary/aromatic N) is 1. The molecular formula is C13H20N2O. The van der Waals surface area contributed by atoms with E-state index >= 15 is 0 Å². The molecule has 3 heteroatoms. The van der Waals surface area contributed by atoms with Gasteiger partial charge in [0.25, 0.3) is 0 Å². The zero-order chi connectivity index (χ0) is 11.4. The van der Waals surface area contributed by atoms with E-state index in [9.17, 15) is 0 Å². The molecule has 0 spiro atoms. The number of fused-ring (bicyclic) bond motifs is 1. The third kappa shape index (κ3) is 2.47. The fourth-order valence-corrected chi connectivity index (χ4v) is 2.34. The van der Waals surface area contributed by atoms with E-state index in [2.05, 4.69) is 17.0 Å². The van der Waals surface area contributed by atoms with Gasteiger partial charge in [0.2, 0.25) is 0 Å². The Balaban J connectivity index is 2.07. The van der Waals surface area contributed by atoms with Gasteiger partial charge in [-0.2, -0.15) is 0 Å². The molecule has 0 saturated heterocycles. The minimum absolute atomic E-state index is 0.294. The maximum atomic E-state index is 8.79. The summed E-state index contributed by atoms with van der Waals surface area (Å²) in [4.78, 5) is 2.41. The molecule has 0 bridgehead atoms. The summed E-state index contributed by atoms with van der Waals surface area (Å²) in [6, 6.07) is 6.19. The summed E-state index contributed by atoms with van der Waals surface area (Å²) in [7, 11) is 0. The molecule has 3 nitrogen and oxygen atoms in total. The lowest BCUT2D eigenvalue weighted by atomic mass is 10.0. The zero-order valence-electron chi connectivity index (χ0n) is 9.65. The lowest BCUT2D eigenvalue weighted by molar-refractivity contribution is 0.285. The van der Waals surface area contributed by atoms with E-state index in [-0.39, 0.29) is 0 Å². The lowest BCUT2D eigenvalue weighted by Crippen LogP contribution is -2.30. The first-order valence-electron chi connectivity index (χ1n) is 6.05. The van der Waals surface area contributed by atoms with Gasteiger partial charge in [-0.25, -0.2) is 0 Å². The summed E-state index contributed by atoms with van der Waals surface area (Å²) in [5, 5.41) is 8.79. The lowest BCUT2D eigenvalue weighted by Gasteiger charge is -2.31. The van der Waals surface area contributed by atoms with E-state index in [0.717, 1.165) is 38.0 Å². The molecule has 3 N–H and O–H groups in total. The number of hydrogen-bond donors (Lipinski definition) is 2. The van der Waals surface area contributed by atoms with Crippen molar-refractivity contribution in [3.8, 4) is 0 Å². The highest BCUT2D eigenvalue weighted by Gasteiger charge is 2.15. The summed E-state index contributed by atoms with van der Waals surface area (Å²) < 4.78 is 0. The van der Waals surface area contributed by atoms with E-state index in [1.807, 2.05) is 6.07 Å². The molecular weight excluding hydrogens is 200 g/mol. The molecule has 1 aliphatic rings. The molecule has 16 heavy (non-hydrogen) atoms. The predicted molar refractivity (Wildman–Crippen MR) is 67.7 cm³/mol. The first-order chi connectivity index (χ1) is 7.81. The Morgan fingerprint density at radius 2 is 2.19 bits per heavy atom. The van der Waals surface area contributed by atoms with Crippen molar-refractivity contribution >= 4 is 11.4 Å². The van der Waals surface area contributed by atoms with Crippen molar-refractivity contribution in [1.29, 1.82) is 0 Å². The van der Waals surface area contributed by atoms with Crippen LogP contribution in [0.3, 0.4) is 0 Å². The van der Waals surface area contributed by atoms with Gasteiger partial charge in [0.15, 0.2) is 0 Å². The molecule has 0 atom stereocenters. The summed E-state index contributed by atoms with van der Waals surface area (Å²) in [5.41, 5.74) is 9.36. The molecule has 0 radical (unpaired) electrons. The number of aliphatic hydroxyl groups is 1. The van der Waals surface area contributed by atoms with Crippen LogP contribution in [0.15, 0.2) is 18.2 Å². The molecule has 0 saturated carbocycles. The number of hydrogen-bond acceptors (Lipinski definition) is 3. The van der Waals surface area contributed by atoms with Gasteiger partial charge in [0, 0.05) is 31.1 Å². The second-order valence-electron chi connectivity index (χ2n) is 4.41. The van der Waals surface area contributed by atoms with Crippen molar-refractivity contribution in [1.82, 2.24) is 0 Å². The smallest absolute Gasteiger partial charge is 0.0431 e. The first-order valence-corrected chi connectivity index (χ1v) is 6.05. The second kappa shape index (κ2) is 5.21. The number of anilines is 2. The quantitative estimate of drug-likeness (QED) is 0.601. The summed E-state index contributed by atoms with van der Waals surface area (Å²) in [6.45, 7) is 2.46. The Kier molecular flexibility index (Phi) is 3.67. The molecule has 1 aromatic rings. The van der Waals surface area contributed by atoms with Gasteiger partial charge < -0.3 is 15.7 Å². The third-order valence-corrected chi connectivity index (χ3v) is 3.15. The Morgan fingerprint density at radius 3 is 3.00 bits per heavy atom. The minimum atomic E-state index is 0.294. The monoisotopic (exact) mass is 220 g/mol. The summed E-state index contributed by atoms with van der Waals surface area (Å²) in [6.07, 6.45) is 4.29. The minimum Gasteiger partial charge on any atom is -0.399 e. The van der Waals surface area contributed by atoms with E-state index in [1.165, 1.54) is 17.7 Å². The fraction of sp³-hybridized carbons (Fsp3) is 0.538. The van der Waals surface area contributed by atoms with Gasteiger partial charge in [0.1, 0.15) is 0 Å². The maximum absolute atomic E-state index is 8.79. The van der Waals surface area contributed by atoms with Gasteiger partial charge in [-0.15, -0.1) is 0 Å². The number of unbranched alkanes of at least 4 members (excludes halogenated alkanes) is 1. The molecule has 1 aromatic carbocycles. The number of benzene rings is 1. The van der Waals surface area contributed by atoms with Gasteiger partial charge in [0.05, 0.1) is 0 Å². The molecule has 2 rings (SSSR count). The summed E-state index contributed by atoms with van der Waals surface area (Å²) >= 11 is 0. The molecule has 0 unspecified atom stereocenters. The highest BCUT2D eigenvalue weighted by atomic mass is 16.2. The third-order valence-electron chi connectivity index (χ3n) is 3.15. The Labute approximate surface area is 96.9 Å². The predicted octanol–water partition coefficient (Wildman–Crippen LogP) is 1.79. The van der Waals surface area contributed by atoms with Crippen LogP contribution in [0.4, 0.5) is 11.4 Å². The zero-order valence-corrected chi connectivity index (χ0v) is 9.65. The molecule has 1 aliphatic heterocycles.